The van der Waals surface area contributed by atoms with Crippen molar-refractivity contribution in [1.29, 1.82) is 0 Å². The summed E-state index contributed by atoms with van der Waals surface area (Å²) < 4.78 is 13.4. The van der Waals surface area contributed by atoms with Crippen molar-refractivity contribution in [2.24, 2.45) is 17.1 Å². The maximum Gasteiger partial charge on any atom is 0.123 e. The molecule has 1 nitrogen and oxygen atoms in total. The highest BCUT2D eigenvalue weighted by Gasteiger charge is 2.37. The summed E-state index contributed by atoms with van der Waals surface area (Å²) in [6.45, 7) is 6.61. The van der Waals surface area contributed by atoms with Gasteiger partial charge in [-0.05, 0) is 54.4 Å². The molecule has 0 heterocycles. The highest BCUT2D eigenvalue weighted by Crippen LogP contribution is 2.46. The highest BCUT2D eigenvalue weighted by molar-refractivity contribution is 5.30. The Morgan fingerprint density at radius 1 is 1.33 bits per heavy atom. The van der Waals surface area contributed by atoms with Crippen LogP contribution in [0.2, 0.25) is 0 Å². The predicted molar refractivity (Wildman–Crippen MR) is 73.8 cm³/mol. The zero-order valence-electron chi connectivity index (χ0n) is 11.7. The van der Waals surface area contributed by atoms with Crippen LogP contribution in [0.5, 0.6) is 0 Å². The lowest BCUT2D eigenvalue weighted by Crippen LogP contribution is -2.36. The average molecular weight is 249 g/mol. The second kappa shape index (κ2) is 5.00. The zero-order valence-corrected chi connectivity index (χ0v) is 11.7. The molecule has 1 aliphatic rings. The van der Waals surface area contributed by atoms with Gasteiger partial charge in [-0.15, -0.1) is 0 Å². The van der Waals surface area contributed by atoms with Crippen molar-refractivity contribution in [3.8, 4) is 0 Å². The molecule has 0 aromatic heterocycles. The number of hydrogen-bond donors (Lipinski definition) is 1. The van der Waals surface area contributed by atoms with Gasteiger partial charge in [0.05, 0.1) is 0 Å². The van der Waals surface area contributed by atoms with Gasteiger partial charge in [-0.3, -0.25) is 0 Å². The molecule has 2 atom stereocenters. The number of benzene rings is 1. The molecule has 0 bridgehead atoms. The van der Waals surface area contributed by atoms with E-state index in [1.807, 2.05) is 13.0 Å². The molecule has 100 valence electrons. The Balaban J connectivity index is 2.29. The fourth-order valence-corrected chi connectivity index (χ4v) is 3.37. The first-order chi connectivity index (χ1) is 8.42. The Labute approximate surface area is 110 Å². The first-order valence-corrected chi connectivity index (χ1v) is 6.93. The van der Waals surface area contributed by atoms with Crippen LogP contribution in [0.3, 0.4) is 0 Å². The van der Waals surface area contributed by atoms with Gasteiger partial charge in [0.15, 0.2) is 0 Å². The monoisotopic (exact) mass is 249 g/mol. The van der Waals surface area contributed by atoms with E-state index in [0.717, 1.165) is 17.5 Å². The molecule has 0 radical (unpaired) electrons. The number of halogens is 1. The van der Waals surface area contributed by atoms with E-state index in [9.17, 15) is 4.39 Å². The van der Waals surface area contributed by atoms with Crippen LogP contribution in [-0.4, -0.2) is 0 Å². The normalized spacial score (nSPS) is 24.8. The molecule has 0 amide bonds. The molecule has 2 rings (SSSR count). The molecule has 1 aliphatic carbocycles. The Morgan fingerprint density at radius 3 is 2.72 bits per heavy atom. The lowest BCUT2D eigenvalue weighted by atomic mass is 9.65. The van der Waals surface area contributed by atoms with Crippen LogP contribution in [0.15, 0.2) is 18.2 Å². The second-order valence-electron chi connectivity index (χ2n) is 6.37. The summed E-state index contributed by atoms with van der Waals surface area (Å²) >= 11 is 0. The van der Waals surface area contributed by atoms with Gasteiger partial charge >= 0.3 is 0 Å². The summed E-state index contributed by atoms with van der Waals surface area (Å²) in [6.07, 6.45) is 4.92. The van der Waals surface area contributed by atoms with Gasteiger partial charge in [-0.1, -0.05) is 32.8 Å². The van der Waals surface area contributed by atoms with Crippen LogP contribution >= 0.6 is 0 Å². The summed E-state index contributed by atoms with van der Waals surface area (Å²) in [5.41, 5.74) is 8.79. The minimum atomic E-state index is -0.181. The molecule has 2 unspecified atom stereocenters. The smallest absolute Gasteiger partial charge is 0.123 e. The van der Waals surface area contributed by atoms with Crippen LogP contribution in [0.4, 0.5) is 4.39 Å². The Hall–Kier alpha value is -0.890. The quantitative estimate of drug-likeness (QED) is 0.828. The van der Waals surface area contributed by atoms with Gasteiger partial charge in [0.2, 0.25) is 0 Å². The van der Waals surface area contributed by atoms with Crippen molar-refractivity contribution in [2.45, 2.75) is 52.5 Å². The predicted octanol–water partition coefficient (Wildman–Crippen LogP) is 4.35. The van der Waals surface area contributed by atoms with E-state index in [0.29, 0.717) is 5.92 Å². The number of hydrogen-bond acceptors (Lipinski definition) is 1. The summed E-state index contributed by atoms with van der Waals surface area (Å²) in [5, 5.41) is 0. The third-order valence-corrected chi connectivity index (χ3v) is 4.62. The van der Waals surface area contributed by atoms with Crippen LogP contribution in [0.1, 0.15) is 56.7 Å². The molecule has 1 fully saturated rings. The van der Waals surface area contributed by atoms with Crippen LogP contribution in [0.25, 0.3) is 0 Å². The van der Waals surface area contributed by atoms with E-state index in [4.69, 9.17) is 5.73 Å². The molecule has 0 spiro atoms. The molecular formula is C16H24FN. The van der Waals surface area contributed by atoms with E-state index in [1.54, 1.807) is 6.07 Å². The molecule has 1 saturated carbocycles. The fraction of sp³-hybridized carbons (Fsp3) is 0.625. The zero-order chi connectivity index (χ0) is 13.3. The van der Waals surface area contributed by atoms with E-state index in [2.05, 4.69) is 13.8 Å². The van der Waals surface area contributed by atoms with Gasteiger partial charge in [0.25, 0.3) is 0 Å². The number of rotatable bonds is 2. The molecule has 0 saturated heterocycles. The van der Waals surface area contributed by atoms with Crippen molar-refractivity contribution in [3.05, 3.63) is 35.1 Å². The Morgan fingerprint density at radius 2 is 2.06 bits per heavy atom. The van der Waals surface area contributed by atoms with Crippen LogP contribution in [0, 0.1) is 24.1 Å². The molecule has 18 heavy (non-hydrogen) atoms. The lowest BCUT2D eigenvalue weighted by Gasteiger charge is -2.42. The van der Waals surface area contributed by atoms with Crippen LogP contribution in [-0.2, 0) is 0 Å². The summed E-state index contributed by atoms with van der Waals surface area (Å²) in [5.74, 6) is 0.270. The van der Waals surface area contributed by atoms with Gasteiger partial charge < -0.3 is 5.73 Å². The third-order valence-electron chi connectivity index (χ3n) is 4.62. The first-order valence-electron chi connectivity index (χ1n) is 6.93. The van der Waals surface area contributed by atoms with Gasteiger partial charge in [-0.2, -0.15) is 0 Å². The van der Waals surface area contributed by atoms with Crippen molar-refractivity contribution in [1.82, 2.24) is 0 Å². The van der Waals surface area contributed by atoms with Gasteiger partial charge in [0.1, 0.15) is 5.82 Å². The van der Waals surface area contributed by atoms with E-state index < -0.39 is 0 Å². The topological polar surface area (TPSA) is 26.0 Å². The third kappa shape index (κ3) is 2.59. The van der Waals surface area contributed by atoms with Gasteiger partial charge in [-0.25, -0.2) is 4.39 Å². The minimum absolute atomic E-state index is 0.0454. The molecule has 1 aromatic carbocycles. The van der Waals surface area contributed by atoms with Gasteiger partial charge in [0, 0.05) is 6.04 Å². The molecule has 1 aromatic rings. The summed E-state index contributed by atoms with van der Waals surface area (Å²) in [6, 6.07) is 4.92. The van der Waals surface area contributed by atoms with E-state index in [-0.39, 0.29) is 17.3 Å². The molecular weight excluding hydrogens is 225 g/mol. The van der Waals surface area contributed by atoms with Crippen molar-refractivity contribution in [2.75, 3.05) is 0 Å². The molecule has 0 aliphatic heterocycles. The Kier molecular flexibility index (Phi) is 3.76. The van der Waals surface area contributed by atoms with Crippen molar-refractivity contribution >= 4 is 0 Å². The van der Waals surface area contributed by atoms with E-state index in [1.165, 1.54) is 25.3 Å². The highest BCUT2D eigenvalue weighted by atomic mass is 19.1. The number of aryl methyl sites for hydroxylation is 1. The average Bonchev–Trinajstić information content (AvgIpc) is 2.31. The SMILES string of the molecule is Cc1ccc(F)cc1C(N)C1CCCCC1(C)C. The summed E-state index contributed by atoms with van der Waals surface area (Å²) in [7, 11) is 0. The largest absolute Gasteiger partial charge is 0.324 e. The Bertz CT molecular complexity index is 425. The molecule has 2 N–H and O–H groups in total. The van der Waals surface area contributed by atoms with Crippen molar-refractivity contribution in [3.63, 3.8) is 0 Å². The first kappa shape index (κ1) is 13.5. The maximum atomic E-state index is 13.4. The maximum absolute atomic E-state index is 13.4. The number of nitrogens with two attached hydrogens (primary N) is 1. The second-order valence-corrected chi connectivity index (χ2v) is 6.37. The lowest BCUT2D eigenvalue weighted by molar-refractivity contribution is 0.112. The van der Waals surface area contributed by atoms with E-state index >= 15 is 0 Å². The summed E-state index contributed by atoms with van der Waals surface area (Å²) in [4.78, 5) is 0. The fourth-order valence-electron chi connectivity index (χ4n) is 3.37. The minimum Gasteiger partial charge on any atom is -0.324 e. The van der Waals surface area contributed by atoms with Crippen molar-refractivity contribution < 1.29 is 4.39 Å². The van der Waals surface area contributed by atoms with Crippen LogP contribution < -0.4 is 5.73 Å². The molecule has 2 heteroatoms. The standard InChI is InChI=1S/C16H24FN/c1-11-7-8-12(17)10-13(11)15(18)14-6-4-5-9-16(14,2)3/h7-8,10,14-15H,4-6,9,18H2,1-3H3.